The zero-order valence-electron chi connectivity index (χ0n) is 43.4. The lowest BCUT2D eigenvalue weighted by molar-refractivity contribution is 0.00513. The summed E-state index contributed by atoms with van der Waals surface area (Å²) in [5, 5.41) is 2.99. The first-order valence-electron chi connectivity index (χ1n) is 25.8. The SMILES string of the molecule is COc1ccc(C(=O)C2CCN(C(=O)c3ccc(C(=O)C[C@@H]4CCN(C(=O)OC(C)(C)C)C[C@H]4F)cn3)CC2)cc1.COc1ccc(C(=O)C2CCN(C(=O)c3ccc(C(=O)C[C@@H]4CCNC[C@H]4F)cn3)CC2)cc1. The highest BCUT2D eigenvalue weighted by atomic mass is 19.1. The molecule has 0 unspecified atom stereocenters. The predicted octanol–water partition coefficient (Wildman–Crippen LogP) is 8.34. The zero-order valence-corrected chi connectivity index (χ0v) is 43.4. The van der Waals surface area contributed by atoms with Crippen molar-refractivity contribution in [2.24, 2.45) is 23.7 Å². The third kappa shape index (κ3) is 14.9. The summed E-state index contributed by atoms with van der Waals surface area (Å²) < 4.78 is 44.5. The molecule has 0 spiro atoms. The molecule has 2 aromatic carbocycles. The summed E-state index contributed by atoms with van der Waals surface area (Å²) in [6.07, 6.45) is 3.28. The van der Waals surface area contributed by atoms with Crippen LogP contribution in [-0.4, -0.2) is 150 Å². The Hall–Kier alpha value is -6.95. The van der Waals surface area contributed by atoms with Crippen LogP contribution < -0.4 is 14.8 Å². The van der Waals surface area contributed by atoms with E-state index in [0.29, 0.717) is 112 Å². The molecule has 2 aromatic heterocycles. The van der Waals surface area contributed by atoms with Crippen molar-refractivity contribution in [1.29, 1.82) is 0 Å². The highest BCUT2D eigenvalue weighted by Crippen LogP contribution is 2.29. The van der Waals surface area contributed by atoms with E-state index in [1.165, 1.54) is 23.4 Å². The molecule has 400 valence electrons. The number of hydrogen-bond acceptors (Lipinski definition) is 13. The molecule has 0 aliphatic carbocycles. The Morgan fingerprint density at radius 3 is 1.35 bits per heavy atom. The lowest BCUT2D eigenvalue weighted by Crippen LogP contribution is -2.47. The molecular formula is C57H68F2N6O10. The van der Waals surface area contributed by atoms with Gasteiger partial charge in [-0.2, -0.15) is 0 Å². The minimum Gasteiger partial charge on any atom is -0.497 e. The topological polar surface area (TPSA) is 195 Å². The number of nitrogens with one attached hydrogen (secondary N) is 1. The number of methoxy groups -OCH3 is 2. The van der Waals surface area contributed by atoms with Gasteiger partial charge in [-0.3, -0.25) is 38.7 Å². The molecule has 3 amide bonds. The number of piperidine rings is 4. The monoisotopic (exact) mass is 1030 g/mol. The minimum absolute atomic E-state index is 0.00592. The number of hydrogen-bond donors (Lipinski definition) is 1. The molecule has 18 heteroatoms. The summed E-state index contributed by atoms with van der Waals surface area (Å²) in [6.45, 7) is 8.30. The van der Waals surface area contributed by atoms with E-state index in [1.807, 2.05) is 0 Å². The second-order valence-corrected chi connectivity index (χ2v) is 20.7. The highest BCUT2D eigenvalue weighted by molar-refractivity contribution is 6.00. The van der Waals surface area contributed by atoms with Crippen molar-refractivity contribution in [3.05, 3.63) is 119 Å². The Morgan fingerprint density at radius 2 is 0.973 bits per heavy atom. The Morgan fingerprint density at radius 1 is 0.560 bits per heavy atom. The quantitative estimate of drug-likeness (QED) is 0.119. The van der Waals surface area contributed by atoms with E-state index >= 15 is 0 Å². The second-order valence-electron chi connectivity index (χ2n) is 20.7. The Balaban J connectivity index is 0.000000222. The van der Waals surface area contributed by atoms with Gasteiger partial charge in [0.2, 0.25) is 0 Å². The number of carbonyl (C=O) groups excluding carboxylic acids is 7. The average Bonchev–Trinajstić information content (AvgIpc) is 3.43. The van der Waals surface area contributed by atoms with Crippen LogP contribution in [0.25, 0.3) is 0 Å². The smallest absolute Gasteiger partial charge is 0.410 e. The van der Waals surface area contributed by atoms with E-state index in [4.69, 9.17) is 14.2 Å². The summed E-state index contributed by atoms with van der Waals surface area (Å²) in [5.74, 6) is -0.408. The summed E-state index contributed by atoms with van der Waals surface area (Å²) >= 11 is 0. The van der Waals surface area contributed by atoms with Crippen LogP contribution in [0, 0.1) is 23.7 Å². The third-order valence-corrected chi connectivity index (χ3v) is 14.4. The fraction of sp³-hybridized carbons (Fsp3) is 0.491. The van der Waals surface area contributed by atoms with Crippen LogP contribution in [0.4, 0.5) is 13.6 Å². The van der Waals surface area contributed by atoms with Crippen LogP contribution in [-0.2, 0) is 4.74 Å². The zero-order chi connectivity index (χ0) is 53.8. The number of ether oxygens (including phenoxy) is 3. The summed E-state index contributed by atoms with van der Waals surface area (Å²) in [6, 6.07) is 20.3. The first-order chi connectivity index (χ1) is 35.9. The lowest BCUT2D eigenvalue weighted by Gasteiger charge is -2.35. The van der Waals surface area contributed by atoms with Gasteiger partial charge >= 0.3 is 6.09 Å². The molecule has 4 aliphatic heterocycles. The number of amides is 3. The first kappa shape index (κ1) is 55.8. The van der Waals surface area contributed by atoms with Gasteiger partial charge in [0.1, 0.15) is 40.8 Å². The molecule has 0 saturated carbocycles. The van der Waals surface area contributed by atoms with Crippen molar-refractivity contribution in [1.82, 2.24) is 30.0 Å². The van der Waals surface area contributed by atoms with E-state index < -0.39 is 30.0 Å². The predicted molar refractivity (Wildman–Crippen MR) is 275 cm³/mol. The number of pyridine rings is 2. The molecule has 4 atom stereocenters. The van der Waals surface area contributed by atoms with Gasteiger partial charge in [0.05, 0.1) is 20.8 Å². The molecule has 4 fully saturated rings. The van der Waals surface area contributed by atoms with Crippen molar-refractivity contribution >= 4 is 41.0 Å². The number of rotatable bonds is 14. The van der Waals surface area contributed by atoms with Gasteiger partial charge in [-0.05, 0) is 145 Å². The molecule has 8 rings (SSSR count). The van der Waals surface area contributed by atoms with Crippen LogP contribution in [0.3, 0.4) is 0 Å². The van der Waals surface area contributed by atoms with Gasteiger partial charge in [0.15, 0.2) is 23.1 Å². The standard InChI is InChI=1S/C31H38FN3O6.C26H30FN3O4/c1-31(2,3)41-30(39)35-16-13-22(25(32)19-35)17-27(36)23-7-10-26(33-18-23)29(38)34-14-11-21(12-15-34)28(37)20-5-8-24(40-4)9-6-20;1-34-21-5-2-17(3-6-21)25(32)18-9-12-30(13-10-18)26(33)23-7-4-20(15-29-23)24(31)14-19-8-11-28-16-22(19)27/h5-10,18,21-22,25H,11-17,19H2,1-4H3;2-7,15,18-19,22,28H,8-14,16H2,1H3/t22-,25+;19-,22+/m00/s1. The molecule has 16 nitrogen and oxygen atoms in total. The van der Waals surface area contributed by atoms with Crippen molar-refractivity contribution in [3.63, 3.8) is 0 Å². The maximum absolute atomic E-state index is 14.9. The number of carbonyl (C=O) groups is 7. The average molecular weight is 1040 g/mol. The minimum atomic E-state index is -1.34. The highest BCUT2D eigenvalue weighted by Gasteiger charge is 2.36. The number of aromatic nitrogens is 2. The van der Waals surface area contributed by atoms with Crippen molar-refractivity contribution in [2.75, 3.05) is 66.6 Å². The van der Waals surface area contributed by atoms with Gasteiger partial charge in [-0.15, -0.1) is 0 Å². The molecule has 1 N–H and O–H groups in total. The molecule has 75 heavy (non-hydrogen) atoms. The number of likely N-dealkylation sites (tertiary alicyclic amines) is 3. The van der Waals surface area contributed by atoms with Crippen molar-refractivity contribution in [3.8, 4) is 11.5 Å². The summed E-state index contributed by atoms with van der Waals surface area (Å²) in [7, 11) is 3.16. The number of Topliss-reactive ketones (excluding diaryl/α,β-unsaturated/α-hetero) is 4. The lowest BCUT2D eigenvalue weighted by atomic mass is 9.88. The fourth-order valence-corrected chi connectivity index (χ4v) is 9.86. The molecule has 4 saturated heterocycles. The van der Waals surface area contributed by atoms with E-state index in [1.54, 1.807) is 112 Å². The molecule has 4 aromatic rings. The van der Waals surface area contributed by atoms with Gasteiger partial charge in [-0.1, -0.05) is 0 Å². The van der Waals surface area contributed by atoms with E-state index in [9.17, 15) is 42.3 Å². The van der Waals surface area contributed by atoms with Gasteiger partial charge in [0.25, 0.3) is 11.8 Å². The van der Waals surface area contributed by atoms with E-state index in [2.05, 4.69) is 15.3 Å². The Kier molecular flexibility index (Phi) is 19.0. The van der Waals surface area contributed by atoms with Crippen LogP contribution in [0.15, 0.2) is 85.2 Å². The maximum atomic E-state index is 14.9. The largest absolute Gasteiger partial charge is 0.497 e. The molecule has 0 radical (unpaired) electrons. The van der Waals surface area contributed by atoms with Gasteiger partial charge in [-0.25, -0.2) is 13.6 Å². The maximum Gasteiger partial charge on any atom is 0.410 e. The summed E-state index contributed by atoms with van der Waals surface area (Å²) in [5.41, 5.74) is 1.81. The summed E-state index contributed by atoms with van der Waals surface area (Å²) in [4.78, 5) is 102. The number of benzene rings is 2. The third-order valence-electron chi connectivity index (χ3n) is 14.4. The van der Waals surface area contributed by atoms with Crippen LogP contribution in [0.2, 0.25) is 0 Å². The van der Waals surface area contributed by atoms with Crippen LogP contribution in [0.5, 0.6) is 11.5 Å². The first-order valence-corrected chi connectivity index (χ1v) is 25.8. The molecule has 6 heterocycles. The number of nitrogens with zero attached hydrogens (tertiary/aromatic N) is 5. The van der Waals surface area contributed by atoms with Crippen molar-refractivity contribution in [2.45, 2.75) is 90.1 Å². The second kappa shape index (κ2) is 25.5. The Labute approximate surface area is 436 Å². The number of halogens is 2. The van der Waals surface area contributed by atoms with Crippen molar-refractivity contribution < 1.29 is 56.6 Å². The molecular weight excluding hydrogens is 967 g/mol. The van der Waals surface area contributed by atoms with Crippen LogP contribution in [0.1, 0.15) is 135 Å². The molecule has 0 bridgehead atoms. The normalized spacial score (nSPS) is 20.5. The fourth-order valence-electron chi connectivity index (χ4n) is 9.86. The van der Waals surface area contributed by atoms with E-state index in [-0.39, 0.29) is 90.0 Å². The van der Waals surface area contributed by atoms with E-state index in [0.717, 1.165) is 0 Å². The van der Waals surface area contributed by atoms with Crippen LogP contribution >= 0.6 is 0 Å². The molecule has 4 aliphatic rings. The Bertz CT molecular complexity index is 2630. The van der Waals surface area contributed by atoms with Gasteiger partial charge in [0, 0.05) is 105 Å². The number of ketones is 4. The van der Waals surface area contributed by atoms with Gasteiger partial charge < -0.3 is 34.2 Å². The number of alkyl halides is 2.